The third-order valence-electron chi connectivity index (χ3n) is 6.72. The number of hydrogen-bond acceptors (Lipinski definition) is 3. The zero-order chi connectivity index (χ0) is 26.2. The molecule has 0 spiro atoms. The summed E-state index contributed by atoms with van der Waals surface area (Å²) in [6, 6.07) is 23.6. The highest BCUT2D eigenvalue weighted by atomic mass is 16.1. The number of carbonyl (C=O) groups excluding carboxylic acids is 2. The maximum atomic E-state index is 13.5. The summed E-state index contributed by atoms with van der Waals surface area (Å²) >= 11 is 0. The van der Waals surface area contributed by atoms with Gasteiger partial charge in [-0.1, -0.05) is 80.4 Å². The molecule has 37 heavy (non-hydrogen) atoms. The van der Waals surface area contributed by atoms with E-state index in [1.54, 1.807) is 13.1 Å². The molecule has 188 valence electrons. The molecule has 0 saturated heterocycles. The van der Waals surface area contributed by atoms with Crippen LogP contribution >= 0.6 is 0 Å². The van der Waals surface area contributed by atoms with E-state index in [1.165, 1.54) is 5.57 Å². The van der Waals surface area contributed by atoms with Crippen molar-refractivity contribution in [1.82, 2.24) is 4.98 Å². The van der Waals surface area contributed by atoms with Gasteiger partial charge in [0.1, 0.15) is 0 Å². The van der Waals surface area contributed by atoms with Gasteiger partial charge in [0.25, 0.3) is 5.91 Å². The molecular weight excluding hydrogens is 456 g/mol. The molecule has 1 heterocycles. The van der Waals surface area contributed by atoms with Gasteiger partial charge in [0.05, 0.1) is 11.2 Å². The Labute approximate surface area is 219 Å². The highest BCUT2D eigenvalue weighted by molar-refractivity contribution is 6.09. The summed E-state index contributed by atoms with van der Waals surface area (Å²) in [6.07, 6.45) is 8.91. The number of nitrogens with zero attached hydrogens (tertiary/aromatic N) is 1. The molecule has 0 bridgehead atoms. The number of nitrogens with one attached hydrogen (secondary N) is 1. The molecule has 0 saturated carbocycles. The number of Topliss-reactive ketones (excluding diaryl/α,β-unsaturated/α-hetero) is 1. The second-order valence-corrected chi connectivity index (χ2v) is 9.47. The Morgan fingerprint density at radius 3 is 2.49 bits per heavy atom. The number of amides is 1. The van der Waals surface area contributed by atoms with Crippen LogP contribution in [0.25, 0.3) is 16.5 Å². The summed E-state index contributed by atoms with van der Waals surface area (Å²) in [5, 5.41) is 4.09. The van der Waals surface area contributed by atoms with E-state index in [4.69, 9.17) is 0 Å². The molecule has 1 amide bonds. The Morgan fingerprint density at radius 1 is 0.919 bits per heavy atom. The first-order chi connectivity index (χ1) is 18.0. The highest BCUT2D eigenvalue weighted by Gasteiger charge is 2.16. The Morgan fingerprint density at radius 2 is 1.68 bits per heavy atom. The maximum Gasteiger partial charge on any atom is 0.256 e. The largest absolute Gasteiger partial charge is 0.320 e. The lowest BCUT2D eigenvalue weighted by atomic mass is 9.93. The molecular formula is C33H34N2O2. The number of anilines is 1. The Kier molecular flexibility index (Phi) is 8.63. The van der Waals surface area contributed by atoms with Gasteiger partial charge in [-0.25, -0.2) is 0 Å². The zero-order valence-electron chi connectivity index (χ0n) is 21.9. The molecule has 0 unspecified atom stereocenters. The summed E-state index contributed by atoms with van der Waals surface area (Å²) in [5.74, 6) is -0.0684. The molecule has 4 nitrogen and oxygen atoms in total. The van der Waals surface area contributed by atoms with Crippen molar-refractivity contribution in [3.8, 4) is 0 Å². The smallest absolute Gasteiger partial charge is 0.256 e. The van der Waals surface area contributed by atoms with Gasteiger partial charge in [-0.3, -0.25) is 14.6 Å². The van der Waals surface area contributed by atoms with Gasteiger partial charge in [0, 0.05) is 22.7 Å². The number of unbranched alkanes of at least 4 members (excludes halogenated alkanes) is 2. The number of aryl methyl sites for hydroxylation is 1. The fourth-order valence-electron chi connectivity index (χ4n) is 4.71. The van der Waals surface area contributed by atoms with E-state index in [0.29, 0.717) is 17.7 Å². The van der Waals surface area contributed by atoms with Gasteiger partial charge in [0.15, 0.2) is 5.78 Å². The van der Waals surface area contributed by atoms with Crippen molar-refractivity contribution in [3.63, 3.8) is 0 Å². The molecule has 0 aliphatic carbocycles. The summed E-state index contributed by atoms with van der Waals surface area (Å²) < 4.78 is 0. The quantitative estimate of drug-likeness (QED) is 0.180. The van der Waals surface area contributed by atoms with Gasteiger partial charge >= 0.3 is 0 Å². The Hall–Kier alpha value is -4.05. The van der Waals surface area contributed by atoms with Crippen molar-refractivity contribution in [2.24, 2.45) is 0 Å². The van der Waals surface area contributed by atoms with Gasteiger partial charge in [-0.2, -0.15) is 0 Å². The van der Waals surface area contributed by atoms with E-state index >= 15 is 0 Å². The van der Waals surface area contributed by atoms with Crippen LogP contribution in [0.4, 0.5) is 5.69 Å². The Bertz CT molecular complexity index is 1450. The van der Waals surface area contributed by atoms with E-state index in [1.807, 2.05) is 73.7 Å². The number of aromatic nitrogens is 1. The van der Waals surface area contributed by atoms with Crippen LogP contribution in [0.1, 0.15) is 76.9 Å². The van der Waals surface area contributed by atoms with E-state index < -0.39 is 0 Å². The number of para-hydroxylation sites is 1. The van der Waals surface area contributed by atoms with Gasteiger partial charge in [0.2, 0.25) is 0 Å². The molecule has 0 aliphatic rings. The first kappa shape index (κ1) is 26.0. The molecule has 0 aliphatic heterocycles. The lowest BCUT2D eigenvalue weighted by molar-refractivity contribution is 0.101. The second-order valence-electron chi connectivity index (χ2n) is 9.47. The molecule has 0 fully saturated rings. The zero-order valence-corrected chi connectivity index (χ0v) is 21.9. The van der Waals surface area contributed by atoms with Crippen LogP contribution in [-0.2, 0) is 6.42 Å². The molecule has 1 N–H and O–H groups in total. The number of carbonyl (C=O) groups is 2. The maximum absolute atomic E-state index is 13.5. The van der Waals surface area contributed by atoms with E-state index in [2.05, 4.69) is 29.4 Å². The summed E-state index contributed by atoms with van der Waals surface area (Å²) in [6.45, 7) is 5.77. The predicted octanol–water partition coefficient (Wildman–Crippen LogP) is 8.20. The van der Waals surface area contributed by atoms with Crippen LogP contribution in [0.15, 0.2) is 85.1 Å². The molecule has 0 atom stereocenters. The first-order valence-corrected chi connectivity index (χ1v) is 13.0. The van der Waals surface area contributed by atoms with E-state index in [-0.39, 0.29) is 11.7 Å². The lowest BCUT2D eigenvalue weighted by Crippen LogP contribution is -2.16. The summed E-state index contributed by atoms with van der Waals surface area (Å²) in [4.78, 5) is 30.0. The third-order valence-corrected chi connectivity index (χ3v) is 6.72. The monoisotopic (exact) mass is 490 g/mol. The second kappa shape index (κ2) is 12.3. The number of hydrogen-bond donors (Lipinski definition) is 1. The van der Waals surface area contributed by atoms with E-state index in [0.717, 1.165) is 58.8 Å². The van der Waals surface area contributed by atoms with Crippen molar-refractivity contribution in [2.75, 3.05) is 5.32 Å². The van der Waals surface area contributed by atoms with Crippen LogP contribution in [0.3, 0.4) is 0 Å². The van der Waals surface area contributed by atoms with Gasteiger partial charge in [-0.15, -0.1) is 0 Å². The van der Waals surface area contributed by atoms with Crippen LogP contribution in [0.5, 0.6) is 0 Å². The number of pyridine rings is 1. The minimum absolute atomic E-state index is 0.0651. The van der Waals surface area contributed by atoms with Crippen molar-refractivity contribution in [1.29, 1.82) is 0 Å². The average Bonchev–Trinajstić information content (AvgIpc) is 2.91. The summed E-state index contributed by atoms with van der Waals surface area (Å²) in [5.41, 5.74) is 7.08. The minimum atomic E-state index is -0.134. The molecule has 1 aromatic heterocycles. The van der Waals surface area contributed by atoms with Crippen molar-refractivity contribution >= 4 is 33.9 Å². The molecule has 4 rings (SSSR count). The van der Waals surface area contributed by atoms with Crippen molar-refractivity contribution < 1.29 is 9.59 Å². The van der Waals surface area contributed by atoms with Gasteiger partial charge < -0.3 is 5.32 Å². The molecule has 3 aromatic carbocycles. The molecule has 4 aromatic rings. The predicted molar refractivity (Wildman–Crippen MR) is 153 cm³/mol. The fraction of sp³-hybridized carbons (Fsp3) is 0.242. The Balaban J connectivity index is 1.65. The normalized spacial score (nSPS) is 11.5. The lowest BCUT2D eigenvalue weighted by Gasteiger charge is -2.14. The number of fused-ring (bicyclic) bond motifs is 1. The third kappa shape index (κ3) is 6.39. The van der Waals surface area contributed by atoms with Crippen molar-refractivity contribution in [3.05, 3.63) is 113 Å². The van der Waals surface area contributed by atoms with Crippen LogP contribution in [-0.4, -0.2) is 16.7 Å². The van der Waals surface area contributed by atoms with E-state index in [9.17, 15) is 9.59 Å². The number of rotatable bonds is 10. The van der Waals surface area contributed by atoms with Crippen molar-refractivity contribution in [2.45, 2.75) is 52.9 Å². The van der Waals surface area contributed by atoms with Gasteiger partial charge in [-0.05, 0) is 73.6 Å². The highest BCUT2D eigenvalue weighted by Crippen LogP contribution is 2.26. The minimum Gasteiger partial charge on any atom is -0.320 e. The van der Waals surface area contributed by atoms with Crippen LogP contribution in [0, 0.1) is 6.92 Å². The number of allylic oxidation sites excluding steroid dienone is 2. The molecule has 0 radical (unpaired) electrons. The molecule has 4 heteroatoms. The standard InChI is InChI=1S/C33H34N2O2/c1-4-5-6-12-25(29-16-8-15-28(22-29)24(3)36)19-20-26-13-7-11-23(2)31(26)33(37)35-30-18-9-14-27-17-10-21-34-32(27)30/h7-11,13-19,21-22H,4-6,12,20H2,1-3H3,(H,35,37). The number of benzene rings is 3. The average molecular weight is 491 g/mol. The fourth-order valence-corrected chi connectivity index (χ4v) is 4.71. The first-order valence-electron chi connectivity index (χ1n) is 13.0. The SMILES string of the molecule is CCCCCC(=CCc1cccc(C)c1C(=O)Nc1cccc2cccnc12)c1cccc(C(C)=O)c1. The van der Waals surface area contributed by atoms with Crippen LogP contribution < -0.4 is 5.32 Å². The topological polar surface area (TPSA) is 59.1 Å². The number of ketones is 1. The van der Waals surface area contributed by atoms with Crippen LogP contribution in [0.2, 0.25) is 0 Å². The summed E-state index contributed by atoms with van der Waals surface area (Å²) in [7, 11) is 0.